The number of aryl methyl sites for hydroxylation is 2. The number of benzene rings is 2. The summed E-state index contributed by atoms with van der Waals surface area (Å²) >= 11 is 7.56. The standard InChI is InChI=1S/C22H17ClN2O2S/c1-13-6-3-4-7-16(13)24-20-19(18-8-5-11-28-18)21(26)25(22(20)27)17-12-15(23)10-9-14(17)2/h3-12,24H,1-2H3. The Morgan fingerprint density at radius 3 is 2.43 bits per heavy atom. The lowest BCUT2D eigenvalue weighted by Crippen LogP contribution is -2.33. The van der Waals surface area contributed by atoms with Crippen LogP contribution in [0, 0.1) is 13.8 Å². The van der Waals surface area contributed by atoms with E-state index in [0.717, 1.165) is 21.7 Å². The van der Waals surface area contributed by atoms with E-state index in [1.165, 1.54) is 16.2 Å². The zero-order chi connectivity index (χ0) is 19.8. The maximum Gasteiger partial charge on any atom is 0.282 e. The third kappa shape index (κ3) is 3.13. The highest BCUT2D eigenvalue weighted by molar-refractivity contribution is 7.11. The molecule has 1 aliphatic rings. The second kappa shape index (κ2) is 7.26. The summed E-state index contributed by atoms with van der Waals surface area (Å²) in [6.45, 7) is 3.80. The molecule has 140 valence electrons. The van der Waals surface area contributed by atoms with E-state index in [1.54, 1.807) is 18.2 Å². The van der Waals surface area contributed by atoms with Crippen LogP contribution in [-0.2, 0) is 9.59 Å². The summed E-state index contributed by atoms with van der Waals surface area (Å²) in [6, 6.07) is 16.6. The number of imide groups is 1. The molecule has 28 heavy (non-hydrogen) atoms. The molecule has 0 unspecified atom stereocenters. The van der Waals surface area contributed by atoms with Crippen LogP contribution < -0.4 is 10.2 Å². The van der Waals surface area contributed by atoms with E-state index >= 15 is 0 Å². The summed E-state index contributed by atoms with van der Waals surface area (Å²) in [5.41, 5.74) is 3.73. The Balaban J connectivity index is 1.85. The van der Waals surface area contributed by atoms with Crippen LogP contribution in [0.25, 0.3) is 5.57 Å². The Hall–Kier alpha value is -2.89. The zero-order valence-electron chi connectivity index (χ0n) is 15.3. The van der Waals surface area contributed by atoms with E-state index < -0.39 is 0 Å². The van der Waals surface area contributed by atoms with Crippen molar-refractivity contribution in [2.45, 2.75) is 13.8 Å². The highest BCUT2D eigenvalue weighted by Gasteiger charge is 2.41. The molecule has 2 heterocycles. The molecule has 2 amide bonds. The monoisotopic (exact) mass is 408 g/mol. The molecule has 0 atom stereocenters. The largest absolute Gasteiger partial charge is 0.350 e. The van der Waals surface area contributed by atoms with E-state index in [2.05, 4.69) is 5.32 Å². The zero-order valence-corrected chi connectivity index (χ0v) is 16.9. The fourth-order valence-electron chi connectivity index (χ4n) is 3.19. The predicted molar refractivity (Wildman–Crippen MR) is 115 cm³/mol. The summed E-state index contributed by atoms with van der Waals surface area (Å²) in [6.07, 6.45) is 0. The molecule has 0 fully saturated rings. The van der Waals surface area contributed by atoms with Gasteiger partial charge in [-0.3, -0.25) is 9.59 Å². The third-order valence-electron chi connectivity index (χ3n) is 4.67. The van der Waals surface area contributed by atoms with E-state index in [-0.39, 0.29) is 17.5 Å². The Morgan fingerprint density at radius 2 is 1.71 bits per heavy atom. The molecule has 3 aromatic rings. The first-order chi connectivity index (χ1) is 13.5. The number of hydrogen-bond acceptors (Lipinski definition) is 4. The molecule has 0 radical (unpaired) electrons. The molecule has 0 spiro atoms. The van der Waals surface area contributed by atoms with Crippen molar-refractivity contribution >= 4 is 51.7 Å². The first-order valence-electron chi connectivity index (χ1n) is 8.73. The highest BCUT2D eigenvalue weighted by Crippen LogP contribution is 2.37. The lowest BCUT2D eigenvalue weighted by atomic mass is 10.1. The molecule has 1 N–H and O–H groups in total. The molecular weight excluding hydrogens is 392 g/mol. The summed E-state index contributed by atoms with van der Waals surface area (Å²) in [5, 5.41) is 5.56. The third-order valence-corrected chi connectivity index (χ3v) is 5.79. The van der Waals surface area contributed by atoms with E-state index in [9.17, 15) is 9.59 Å². The molecule has 4 nitrogen and oxygen atoms in total. The molecule has 4 rings (SSSR count). The summed E-state index contributed by atoms with van der Waals surface area (Å²) < 4.78 is 0. The average molecular weight is 409 g/mol. The van der Waals surface area contributed by atoms with Gasteiger partial charge in [0.1, 0.15) is 5.70 Å². The van der Waals surface area contributed by atoms with Crippen LogP contribution in [0.5, 0.6) is 0 Å². The van der Waals surface area contributed by atoms with E-state index in [4.69, 9.17) is 11.6 Å². The fourth-order valence-corrected chi connectivity index (χ4v) is 4.12. The molecule has 0 saturated heterocycles. The van der Waals surface area contributed by atoms with Crippen LogP contribution in [0.2, 0.25) is 5.02 Å². The van der Waals surface area contributed by atoms with Crippen LogP contribution in [0.3, 0.4) is 0 Å². The number of hydrogen-bond donors (Lipinski definition) is 1. The minimum absolute atomic E-state index is 0.279. The van der Waals surface area contributed by atoms with Gasteiger partial charge in [0, 0.05) is 15.6 Å². The smallest absolute Gasteiger partial charge is 0.282 e. The van der Waals surface area contributed by atoms with Crippen LogP contribution in [0.15, 0.2) is 65.7 Å². The van der Waals surface area contributed by atoms with Crippen LogP contribution in [0.4, 0.5) is 11.4 Å². The van der Waals surface area contributed by atoms with Crippen molar-refractivity contribution in [1.29, 1.82) is 0 Å². The van der Waals surface area contributed by atoms with E-state index in [0.29, 0.717) is 16.3 Å². The van der Waals surface area contributed by atoms with Crippen molar-refractivity contribution < 1.29 is 9.59 Å². The normalized spacial score (nSPS) is 14.2. The Labute approximate surface area is 172 Å². The maximum absolute atomic E-state index is 13.3. The number of halogens is 1. The van der Waals surface area contributed by atoms with Crippen molar-refractivity contribution in [1.82, 2.24) is 0 Å². The number of para-hydroxylation sites is 1. The molecule has 2 aromatic carbocycles. The van der Waals surface area contributed by atoms with Gasteiger partial charge in [0.25, 0.3) is 11.8 Å². The minimum atomic E-state index is -0.387. The molecule has 0 saturated carbocycles. The molecule has 1 aromatic heterocycles. The number of rotatable bonds is 4. The number of carbonyl (C=O) groups excluding carboxylic acids is 2. The number of nitrogens with one attached hydrogen (secondary N) is 1. The molecular formula is C22H17ClN2O2S. The van der Waals surface area contributed by atoms with E-state index in [1.807, 2.05) is 55.6 Å². The number of carbonyl (C=O) groups is 2. The minimum Gasteiger partial charge on any atom is -0.350 e. The SMILES string of the molecule is Cc1ccccc1NC1=C(c2cccs2)C(=O)N(c2cc(Cl)ccc2C)C1=O. The average Bonchev–Trinajstić information content (AvgIpc) is 3.27. The predicted octanol–water partition coefficient (Wildman–Crippen LogP) is 5.41. The van der Waals surface area contributed by atoms with Gasteiger partial charge >= 0.3 is 0 Å². The number of amides is 2. The van der Waals surface area contributed by atoms with Crippen molar-refractivity contribution in [3.05, 3.63) is 86.7 Å². The van der Waals surface area contributed by atoms with Gasteiger partial charge < -0.3 is 5.32 Å². The van der Waals surface area contributed by atoms with Crippen LogP contribution in [-0.4, -0.2) is 11.8 Å². The van der Waals surface area contributed by atoms with Gasteiger partial charge in [-0.15, -0.1) is 11.3 Å². The molecule has 1 aliphatic heterocycles. The van der Waals surface area contributed by atoms with Crippen LogP contribution >= 0.6 is 22.9 Å². The Kier molecular flexibility index (Phi) is 4.79. The van der Waals surface area contributed by atoms with Gasteiger partial charge in [-0.05, 0) is 54.6 Å². The van der Waals surface area contributed by atoms with Crippen molar-refractivity contribution in [2.75, 3.05) is 10.2 Å². The molecule has 0 aliphatic carbocycles. The van der Waals surface area contributed by atoms with Crippen molar-refractivity contribution in [3.8, 4) is 0 Å². The highest BCUT2D eigenvalue weighted by atomic mass is 35.5. The number of thiophene rings is 1. The summed E-state index contributed by atoms with van der Waals surface area (Å²) in [7, 11) is 0. The maximum atomic E-state index is 13.3. The second-order valence-electron chi connectivity index (χ2n) is 6.54. The molecule has 0 bridgehead atoms. The fraction of sp³-hybridized carbons (Fsp3) is 0.0909. The van der Waals surface area contributed by atoms with Gasteiger partial charge in [0.05, 0.1) is 11.3 Å². The number of anilines is 2. The summed E-state index contributed by atoms with van der Waals surface area (Å²) in [4.78, 5) is 28.6. The Bertz CT molecular complexity index is 1120. The molecule has 6 heteroatoms. The van der Waals surface area contributed by atoms with Crippen LogP contribution in [0.1, 0.15) is 16.0 Å². The quantitative estimate of drug-likeness (QED) is 0.587. The van der Waals surface area contributed by atoms with Gasteiger partial charge in [0.2, 0.25) is 0 Å². The first-order valence-corrected chi connectivity index (χ1v) is 9.99. The van der Waals surface area contributed by atoms with Crippen molar-refractivity contribution in [3.63, 3.8) is 0 Å². The second-order valence-corrected chi connectivity index (χ2v) is 7.93. The Morgan fingerprint density at radius 1 is 0.929 bits per heavy atom. The van der Waals surface area contributed by atoms with Gasteiger partial charge in [-0.2, -0.15) is 0 Å². The lowest BCUT2D eigenvalue weighted by molar-refractivity contribution is -0.120. The van der Waals surface area contributed by atoms with Gasteiger partial charge in [-0.1, -0.05) is 41.9 Å². The lowest BCUT2D eigenvalue weighted by Gasteiger charge is -2.18. The van der Waals surface area contributed by atoms with Gasteiger partial charge in [-0.25, -0.2) is 4.90 Å². The topological polar surface area (TPSA) is 49.4 Å². The summed E-state index contributed by atoms with van der Waals surface area (Å²) in [5.74, 6) is -0.740. The number of nitrogens with zero attached hydrogens (tertiary/aromatic N) is 1. The van der Waals surface area contributed by atoms with Crippen molar-refractivity contribution in [2.24, 2.45) is 0 Å². The first kappa shape index (κ1) is 18.5. The van der Waals surface area contributed by atoms with Gasteiger partial charge in [0.15, 0.2) is 0 Å².